The van der Waals surface area contributed by atoms with Gasteiger partial charge in [0, 0.05) is 48.8 Å². The molecule has 1 spiro atoms. The second-order valence-corrected chi connectivity index (χ2v) is 9.11. The Labute approximate surface area is 200 Å². The van der Waals surface area contributed by atoms with Gasteiger partial charge in [-0.25, -0.2) is 15.0 Å². The monoisotopic (exact) mass is 484 g/mol. The third-order valence-corrected chi connectivity index (χ3v) is 7.25. The maximum atomic E-state index is 12.3. The van der Waals surface area contributed by atoms with E-state index in [0.29, 0.717) is 64.6 Å². The van der Waals surface area contributed by atoms with E-state index in [2.05, 4.69) is 15.0 Å². The molecule has 5 rings (SSSR count). The lowest BCUT2D eigenvalue weighted by molar-refractivity contribution is 0.0396. The summed E-state index contributed by atoms with van der Waals surface area (Å²) in [6.07, 6.45) is 3.04. The zero-order valence-corrected chi connectivity index (χ0v) is 19.4. The number of aromatic nitrogens is 3. The first-order valence-electron chi connectivity index (χ1n) is 10.6. The van der Waals surface area contributed by atoms with Crippen molar-refractivity contribution >= 4 is 35.1 Å². The number of hydrogen-bond donors (Lipinski definition) is 2. The zero-order chi connectivity index (χ0) is 23.3. The van der Waals surface area contributed by atoms with Crippen molar-refractivity contribution in [1.82, 2.24) is 15.0 Å². The number of carbonyl (C=O) groups excluding carboxylic acids is 1. The van der Waals surface area contributed by atoms with Crippen molar-refractivity contribution in [3.05, 3.63) is 63.5 Å². The Morgan fingerprint density at radius 3 is 2.64 bits per heavy atom. The number of ether oxygens (including phenoxy) is 1. The van der Waals surface area contributed by atoms with Gasteiger partial charge in [0.1, 0.15) is 11.3 Å². The third-order valence-electron chi connectivity index (χ3n) is 6.43. The van der Waals surface area contributed by atoms with Crippen LogP contribution in [0.2, 0.25) is 10.0 Å². The molecule has 33 heavy (non-hydrogen) atoms. The highest BCUT2D eigenvalue weighted by molar-refractivity contribution is 6.43. The van der Waals surface area contributed by atoms with E-state index in [9.17, 15) is 4.79 Å². The number of aryl methyl sites for hydroxylation is 1. The highest BCUT2D eigenvalue weighted by Gasteiger charge is 2.49. The van der Waals surface area contributed by atoms with Crippen LogP contribution in [-0.2, 0) is 0 Å². The van der Waals surface area contributed by atoms with Gasteiger partial charge in [-0.2, -0.15) is 0 Å². The molecule has 2 aromatic heterocycles. The molecule has 4 N–H and O–H groups in total. The molecule has 1 amide bonds. The van der Waals surface area contributed by atoms with Crippen LogP contribution in [0.5, 0.6) is 5.88 Å². The number of hydrogen-bond acceptors (Lipinski definition) is 7. The summed E-state index contributed by atoms with van der Waals surface area (Å²) in [5.41, 5.74) is 14.4. The standard InChI is InChI=1S/C23H22Cl2N6O2/c1-12-16(13-4-2-6-15(24)17(13)25)18(20(27)32)30-22(29-12)31-10-7-23(8-11-31)19(26)14-5-3-9-28-21(14)33-23/h2-6,9,19H,7-8,10-11,26H2,1H3,(H2,27,32)/t19-/m1/s1. The molecule has 3 aromatic rings. The summed E-state index contributed by atoms with van der Waals surface area (Å²) in [5, 5.41) is 0.694. The first-order valence-corrected chi connectivity index (χ1v) is 11.3. The molecule has 1 aromatic carbocycles. The van der Waals surface area contributed by atoms with Crippen LogP contribution in [0.15, 0.2) is 36.5 Å². The van der Waals surface area contributed by atoms with Crippen LogP contribution in [0.3, 0.4) is 0 Å². The summed E-state index contributed by atoms with van der Waals surface area (Å²) in [6, 6.07) is 8.77. The van der Waals surface area contributed by atoms with Crippen LogP contribution < -0.4 is 21.1 Å². The van der Waals surface area contributed by atoms with Gasteiger partial charge in [-0.15, -0.1) is 0 Å². The van der Waals surface area contributed by atoms with E-state index < -0.39 is 11.5 Å². The van der Waals surface area contributed by atoms with Crippen LogP contribution in [0.1, 0.15) is 40.6 Å². The second-order valence-electron chi connectivity index (χ2n) is 8.33. The Balaban J connectivity index is 1.45. The van der Waals surface area contributed by atoms with Gasteiger partial charge in [-0.1, -0.05) is 41.4 Å². The normalized spacial score (nSPS) is 18.8. The minimum Gasteiger partial charge on any atom is -0.469 e. The number of rotatable bonds is 3. The summed E-state index contributed by atoms with van der Waals surface area (Å²) in [5.74, 6) is 0.369. The Morgan fingerprint density at radius 1 is 1.18 bits per heavy atom. The molecule has 0 saturated carbocycles. The van der Waals surface area contributed by atoms with Gasteiger partial charge in [-0.05, 0) is 19.1 Å². The molecule has 1 saturated heterocycles. The van der Waals surface area contributed by atoms with Gasteiger partial charge in [-0.3, -0.25) is 4.79 Å². The van der Waals surface area contributed by atoms with E-state index in [1.165, 1.54) is 0 Å². The number of piperidine rings is 1. The number of nitrogens with two attached hydrogens (primary N) is 2. The predicted octanol–water partition coefficient (Wildman–Crippen LogP) is 3.68. The fraction of sp³-hybridized carbons (Fsp3) is 0.304. The molecular formula is C23H22Cl2N6O2. The van der Waals surface area contributed by atoms with Crippen molar-refractivity contribution < 1.29 is 9.53 Å². The van der Waals surface area contributed by atoms with E-state index in [1.807, 2.05) is 17.0 Å². The molecular weight excluding hydrogens is 463 g/mol. The molecule has 10 heteroatoms. The lowest BCUT2D eigenvalue weighted by Crippen LogP contribution is -2.52. The first-order chi connectivity index (χ1) is 15.8. The van der Waals surface area contributed by atoms with E-state index >= 15 is 0 Å². The topological polar surface area (TPSA) is 120 Å². The van der Waals surface area contributed by atoms with Gasteiger partial charge in [0.05, 0.1) is 21.8 Å². The molecule has 1 atom stereocenters. The van der Waals surface area contributed by atoms with E-state index in [4.69, 9.17) is 39.4 Å². The highest BCUT2D eigenvalue weighted by Crippen LogP contribution is 2.46. The van der Waals surface area contributed by atoms with Gasteiger partial charge < -0.3 is 21.1 Å². The number of anilines is 1. The van der Waals surface area contributed by atoms with Crippen molar-refractivity contribution in [2.24, 2.45) is 11.5 Å². The second kappa shape index (κ2) is 8.13. The Morgan fingerprint density at radius 2 is 1.94 bits per heavy atom. The van der Waals surface area contributed by atoms with Crippen molar-refractivity contribution in [1.29, 1.82) is 0 Å². The van der Waals surface area contributed by atoms with Gasteiger partial charge in [0.2, 0.25) is 11.8 Å². The molecule has 1 fully saturated rings. The minimum absolute atomic E-state index is 0.104. The maximum absolute atomic E-state index is 12.3. The molecule has 2 aliphatic rings. The van der Waals surface area contributed by atoms with Crippen LogP contribution in [-0.4, -0.2) is 39.5 Å². The van der Waals surface area contributed by atoms with E-state index in [1.54, 1.807) is 31.3 Å². The molecule has 4 heterocycles. The SMILES string of the molecule is Cc1nc(N2CCC3(CC2)Oc2ncccc2[C@H]3N)nc(C(N)=O)c1-c1cccc(Cl)c1Cl. The van der Waals surface area contributed by atoms with Crippen molar-refractivity contribution in [2.45, 2.75) is 31.4 Å². The Kier molecular flexibility index (Phi) is 5.39. The van der Waals surface area contributed by atoms with Gasteiger partial charge >= 0.3 is 0 Å². The quantitative estimate of drug-likeness (QED) is 0.581. The lowest BCUT2D eigenvalue weighted by atomic mass is 9.83. The Bertz CT molecular complexity index is 1260. The molecule has 2 aliphatic heterocycles. The number of amides is 1. The largest absolute Gasteiger partial charge is 0.469 e. The smallest absolute Gasteiger partial charge is 0.268 e. The van der Waals surface area contributed by atoms with Gasteiger partial charge in [0.15, 0.2) is 0 Å². The summed E-state index contributed by atoms with van der Waals surface area (Å²) < 4.78 is 6.21. The lowest BCUT2D eigenvalue weighted by Gasteiger charge is -2.40. The Hall–Kier alpha value is -2.94. The van der Waals surface area contributed by atoms with E-state index in [-0.39, 0.29) is 11.7 Å². The number of benzene rings is 1. The number of fused-ring (bicyclic) bond motifs is 1. The van der Waals surface area contributed by atoms with Crippen molar-refractivity contribution in [3.8, 4) is 17.0 Å². The predicted molar refractivity (Wildman–Crippen MR) is 127 cm³/mol. The average molecular weight is 485 g/mol. The fourth-order valence-electron chi connectivity index (χ4n) is 4.66. The molecule has 0 unspecified atom stereocenters. The maximum Gasteiger partial charge on any atom is 0.268 e. The summed E-state index contributed by atoms with van der Waals surface area (Å²) in [7, 11) is 0. The molecule has 0 radical (unpaired) electrons. The zero-order valence-electron chi connectivity index (χ0n) is 17.9. The van der Waals surface area contributed by atoms with Crippen LogP contribution in [0.25, 0.3) is 11.1 Å². The summed E-state index contributed by atoms with van der Waals surface area (Å²) in [6.45, 7) is 3.02. The first kappa shape index (κ1) is 21.9. The number of primary amides is 1. The van der Waals surface area contributed by atoms with Crippen LogP contribution in [0, 0.1) is 6.92 Å². The number of nitrogens with zero attached hydrogens (tertiary/aromatic N) is 4. The third kappa shape index (κ3) is 3.58. The van der Waals surface area contributed by atoms with Crippen molar-refractivity contribution in [3.63, 3.8) is 0 Å². The number of pyridine rings is 1. The molecule has 170 valence electrons. The van der Waals surface area contributed by atoms with Crippen LogP contribution in [0.4, 0.5) is 5.95 Å². The fourth-order valence-corrected chi connectivity index (χ4v) is 5.06. The highest BCUT2D eigenvalue weighted by atomic mass is 35.5. The van der Waals surface area contributed by atoms with Gasteiger partial charge in [0.25, 0.3) is 5.91 Å². The number of halogens is 2. The van der Waals surface area contributed by atoms with Crippen molar-refractivity contribution in [2.75, 3.05) is 18.0 Å². The summed E-state index contributed by atoms with van der Waals surface area (Å²) >= 11 is 12.6. The van der Waals surface area contributed by atoms with Crippen LogP contribution >= 0.6 is 23.2 Å². The molecule has 8 nitrogen and oxygen atoms in total. The average Bonchev–Trinajstić information content (AvgIpc) is 3.07. The molecule has 0 aliphatic carbocycles. The minimum atomic E-state index is -0.663. The van der Waals surface area contributed by atoms with E-state index in [0.717, 1.165) is 5.56 Å². The summed E-state index contributed by atoms with van der Waals surface area (Å²) in [4.78, 5) is 27.9. The number of carbonyl (C=O) groups is 1. The molecule has 0 bridgehead atoms.